The summed E-state index contributed by atoms with van der Waals surface area (Å²) >= 11 is 5.86. The van der Waals surface area contributed by atoms with Crippen LogP contribution in [0.2, 0.25) is 5.02 Å². The molecule has 0 saturated heterocycles. The lowest BCUT2D eigenvalue weighted by molar-refractivity contribution is 0.394. The first-order chi connectivity index (χ1) is 5.70. The van der Waals surface area contributed by atoms with E-state index in [0.717, 1.165) is 11.1 Å². The fourth-order valence-corrected chi connectivity index (χ4v) is 1.32. The fraction of sp³-hybridized carbons (Fsp3) is 0.375. The summed E-state index contributed by atoms with van der Waals surface area (Å²) < 4.78 is 5.02. The van der Waals surface area contributed by atoms with Gasteiger partial charge in [0.05, 0.1) is 12.1 Å². The second-order valence-electron chi connectivity index (χ2n) is 2.42. The minimum absolute atomic E-state index is 0.406. The van der Waals surface area contributed by atoms with Gasteiger partial charge in [0.15, 0.2) is 0 Å². The minimum Gasteiger partial charge on any atom is -0.481 e. The Balaban J connectivity index is 3.24. The summed E-state index contributed by atoms with van der Waals surface area (Å²) in [6.45, 7) is 2.30. The number of pyridine rings is 1. The molecule has 1 heterocycles. The van der Waals surface area contributed by atoms with E-state index in [1.165, 1.54) is 0 Å². The van der Waals surface area contributed by atoms with E-state index >= 15 is 0 Å². The Kier molecular flexibility index (Phi) is 2.89. The molecule has 0 aromatic carbocycles. The zero-order valence-electron chi connectivity index (χ0n) is 7.10. The maximum absolute atomic E-state index is 5.86. The number of aromatic nitrogens is 1. The van der Waals surface area contributed by atoms with Gasteiger partial charge in [0.25, 0.3) is 0 Å². The second kappa shape index (κ2) is 3.74. The summed E-state index contributed by atoms with van der Waals surface area (Å²) in [6, 6.07) is 0. The van der Waals surface area contributed by atoms with Crippen molar-refractivity contribution in [1.82, 2.24) is 4.98 Å². The monoisotopic (exact) mass is 186 g/mol. The van der Waals surface area contributed by atoms with Crippen LogP contribution in [0.25, 0.3) is 0 Å². The highest BCUT2D eigenvalue weighted by Gasteiger charge is 2.08. The molecule has 0 bridgehead atoms. The number of nitrogens with two attached hydrogens (primary N) is 1. The van der Waals surface area contributed by atoms with Crippen molar-refractivity contribution in [2.75, 3.05) is 7.11 Å². The highest BCUT2D eigenvalue weighted by atomic mass is 35.5. The number of ether oxygens (including phenoxy) is 1. The Bertz CT molecular complexity index is 289. The van der Waals surface area contributed by atoms with Crippen LogP contribution in [0.4, 0.5) is 0 Å². The van der Waals surface area contributed by atoms with Gasteiger partial charge in [0.1, 0.15) is 0 Å². The number of hydrogen-bond donors (Lipinski definition) is 1. The molecule has 0 atom stereocenters. The van der Waals surface area contributed by atoms with Crippen LogP contribution in [-0.4, -0.2) is 12.1 Å². The molecule has 3 nitrogen and oxygen atoms in total. The van der Waals surface area contributed by atoms with Gasteiger partial charge in [-0.2, -0.15) is 0 Å². The molecule has 0 saturated carbocycles. The third-order valence-corrected chi connectivity index (χ3v) is 2.08. The Morgan fingerprint density at radius 2 is 2.33 bits per heavy atom. The normalized spacial score (nSPS) is 10.0. The topological polar surface area (TPSA) is 48.1 Å². The molecule has 66 valence electrons. The van der Waals surface area contributed by atoms with Crippen molar-refractivity contribution in [3.63, 3.8) is 0 Å². The lowest BCUT2D eigenvalue weighted by Crippen LogP contribution is -2.03. The summed E-state index contributed by atoms with van der Waals surface area (Å²) in [7, 11) is 1.57. The Morgan fingerprint density at radius 1 is 1.67 bits per heavy atom. The van der Waals surface area contributed by atoms with Gasteiger partial charge in [-0.15, -0.1) is 0 Å². The SMILES string of the molecule is COc1ncc(Cl)c(CN)c1C. The maximum Gasteiger partial charge on any atom is 0.216 e. The molecule has 0 spiro atoms. The number of halogens is 1. The quantitative estimate of drug-likeness (QED) is 0.762. The Morgan fingerprint density at radius 3 is 2.83 bits per heavy atom. The van der Waals surface area contributed by atoms with Gasteiger partial charge in [0, 0.05) is 18.3 Å². The molecule has 12 heavy (non-hydrogen) atoms. The summed E-state index contributed by atoms with van der Waals surface area (Å²) in [5.74, 6) is 0.583. The first kappa shape index (κ1) is 9.29. The van der Waals surface area contributed by atoms with Crippen LogP contribution in [0.1, 0.15) is 11.1 Å². The Labute approximate surface area is 76.5 Å². The summed E-state index contributed by atoms with van der Waals surface area (Å²) in [4.78, 5) is 4.00. The zero-order chi connectivity index (χ0) is 9.14. The lowest BCUT2D eigenvalue weighted by atomic mass is 10.1. The Hall–Kier alpha value is -0.800. The fourth-order valence-electron chi connectivity index (χ4n) is 1.05. The van der Waals surface area contributed by atoms with Crippen molar-refractivity contribution < 1.29 is 4.74 Å². The van der Waals surface area contributed by atoms with E-state index in [0.29, 0.717) is 17.4 Å². The smallest absolute Gasteiger partial charge is 0.216 e. The van der Waals surface area contributed by atoms with Gasteiger partial charge in [-0.25, -0.2) is 4.98 Å². The van der Waals surface area contributed by atoms with E-state index in [4.69, 9.17) is 22.1 Å². The number of rotatable bonds is 2. The highest BCUT2D eigenvalue weighted by Crippen LogP contribution is 2.24. The molecule has 0 amide bonds. The van der Waals surface area contributed by atoms with Crippen LogP contribution in [0.3, 0.4) is 0 Å². The van der Waals surface area contributed by atoms with E-state index in [9.17, 15) is 0 Å². The van der Waals surface area contributed by atoms with Crippen LogP contribution >= 0.6 is 11.6 Å². The lowest BCUT2D eigenvalue weighted by Gasteiger charge is -2.08. The number of hydrogen-bond acceptors (Lipinski definition) is 3. The molecule has 0 aliphatic carbocycles. The molecule has 1 aromatic rings. The standard InChI is InChI=1S/C8H11ClN2O/c1-5-6(3-10)7(9)4-11-8(5)12-2/h4H,3,10H2,1-2H3. The maximum atomic E-state index is 5.86. The van der Waals surface area contributed by atoms with Gasteiger partial charge in [-0.05, 0) is 12.5 Å². The summed E-state index contributed by atoms with van der Waals surface area (Å²) in [5, 5.41) is 0.593. The van der Waals surface area contributed by atoms with Crippen LogP contribution in [0.15, 0.2) is 6.20 Å². The van der Waals surface area contributed by atoms with E-state index < -0.39 is 0 Å². The average molecular weight is 187 g/mol. The minimum atomic E-state index is 0.406. The molecule has 0 aliphatic rings. The van der Waals surface area contributed by atoms with Crippen molar-refractivity contribution in [1.29, 1.82) is 0 Å². The van der Waals surface area contributed by atoms with Gasteiger partial charge in [0.2, 0.25) is 5.88 Å². The predicted octanol–water partition coefficient (Wildman–Crippen LogP) is 1.51. The average Bonchev–Trinajstić information content (AvgIpc) is 2.06. The van der Waals surface area contributed by atoms with Crippen molar-refractivity contribution in [2.45, 2.75) is 13.5 Å². The van der Waals surface area contributed by atoms with Crippen LogP contribution in [0.5, 0.6) is 5.88 Å². The first-order valence-corrected chi connectivity index (χ1v) is 3.96. The van der Waals surface area contributed by atoms with E-state index in [-0.39, 0.29) is 0 Å². The largest absolute Gasteiger partial charge is 0.481 e. The third kappa shape index (κ3) is 1.52. The second-order valence-corrected chi connectivity index (χ2v) is 2.83. The molecule has 2 N–H and O–H groups in total. The van der Waals surface area contributed by atoms with Crippen LogP contribution in [0, 0.1) is 6.92 Å². The molecule has 1 aromatic heterocycles. The van der Waals surface area contributed by atoms with Gasteiger partial charge < -0.3 is 10.5 Å². The summed E-state index contributed by atoms with van der Waals surface area (Å²) in [5.41, 5.74) is 7.31. The van der Waals surface area contributed by atoms with E-state index in [1.807, 2.05) is 6.92 Å². The van der Waals surface area contributed by atoms with Crippen molar-refractivity contribution in [2.24, 2.45) is 5.73 Å². The zero-order valence-corrected chi connectivity index (χ0v) is 7.85. The molecular formula is C8H11ClN2O. The molecule has 0 unspecified atom stereocenters. The van der Waals surface area contributed by atoms with Crippen LogP contribution in [-0.2, 0) is 6.54 Å². The van der Waals surface area contributed by atoms with E-state index in [1.54, 1.807) is 13.3 Å². The number of nitrogens with zero attached hydrogens (tertiary/aromatic N) is 1. The molecule has 4 heteroatoms. The molecule has 0 radical (unpaired) electrons. The first-order valence-electron chi connectivity index (χ1n) is 3.58. The van der Waals surface area contributed by atoms with Crippen molar-refractivity contribution in [3.05, 3.63) is 22.3 Å². The van der Waals surface area contributed by atoms with E-state index in [2.05, 4.69) is 4.98 Å². The van der Waals surface area contributed by atoms with Crippen molar-refractivity contribution >= 4 is 11.6 Å². The number of methoxy groups -OCH3 is 1. The van der Waals surface area contributed by atoms with Gasteiger partial charge >= 0.3 is 0 Å². The van der Waals surface area contributed by atoms with Gasteiger partial charge in [-0.3, -0.25) is 0 Å². The third-order valence-electron chi connectivity index (χ3n) is 1.75. The molecule has 0 aliphatic heterocycles. The van der Waals surface area contributed by atoms with Gasteiger partial charge in [-0.1, -0.05) is 11.6 Å². The van der Waals surface area contributed by atoms with Crippen LogP contribution < -0.4 is 10.5 Å². The molecular weight excluding hydrogens is 176 g/mol. The summed E-state index contributed by atoms with van der Waals surface area (Å²) in [6.07, 6.45) is 1.55. The molecule has 0 fully saturated rings. The van der Waals surface area contributed by atoms with Crippen molar-refractivity contribution in [3.8, 4) is 5.88 Å². The molecule has 1 rings (SSSR count). The predicted molar refractivity (Wildman–Crippen MR) is 48.4 cm³/mol. The highest BCUT2D eigenvalue weighted by molar-refractivity contribution is 6.31.